The molecule has 100 valence electrons. The van der Waals surface area contributed by atoms with Gasteiger partial charge in [0.15, 0.2) is 4.96 Å². The third-order valence-corrected chi connectivity index (χ3v) is 4.09. The van der Waals surface area contributed by atoms with Gasteiger partial charge in [-0.3, -0.25) is 4.40 Å². The number of aromatic nitrogens is 2. The number of aryl methyl sites for hydroxylation is 2. The van der Waals surface area contributed by atoms with Crippen LogP contribution < -0.4 is 5.32 Å². The van der Waals surface area contributed by atoms with E-state index in [0.29, 0.717) is 12.1 Å². The largest absolute Gasteiger partial charge is 0.379 e. The SMILES string of the molecule is Cc1cn2c(CNc3cccc(C#N)c3)c(C)nc2s1. The van der Waals surface area contributed by atoms with Gasteiger partial charge >= 0.3 is 0 Å². The van der Waals surface area contributed by atoms with Crippen molar-refractivity contribution in [1.82, 2.24) is 9.38 Å². The van der Waals surface area contributed by atoms with Crippen LogP contribution in [0.25, 0.3) is 4.96 Å². The summed E-state index contributed by atoms with van der Waals surface area (Å²) in [6, 6.07) is 9.65. The van der Waals surface area contributed by atoms with Crippen molar-refractivity contribution in [2.24, 2.45) is 0 Å². The molecule has 3 rings (SSSR count). The van der Waals surface area contributed by atoms with Gasteiger partial charge in [0.05, 0.1) is 29.6 Å². The van der Waals surface area contributed by atoms with Crippen molar-refractivity contribution in [2.75, 3.05) is 5.32 Å². The van der Waals surface area contributed by atoms with E-state index < -0.39 is 0 Å². The molecule has 0 aliphatic heterocycles. The normalized spacial score (nSPS) is 10.7. The Kier molecular flexibility index (Phi) is 3.17. The van der Waals surface area contributed by atoms with E-state index in [4.69, 9.17) is 5.26 Å². The molecule has 0 spiro atoms. The van der Waals surface area contributed by atoms with Gasteiger partial charge in [0.1, 0.15) is 0 Å². The molecular weight excluding hydrogens is 268 g/mol. The summed E-state index contributed by atoms with van der Waals surface area (Å²) in [6.45, 7) is 4.80. The maximum absolute atomic E-state index is 8.91. The van der Waals surface area contributed by atoms with Crippen molar-refractivity contribution < 1.29 is 0 Å². The number of nitrogens with zero attached hydrogens (tertiary/aromatic N) is 3. The fourth-order valence-corrected chi connectivity index (χ4v) is 3.10. The van der Waals surface area contributed by atoms with Crippen LogP contribution in [0.4, 0.5) is 5.69 Å². The zero-order valence-corrected chi connectivity index (χ0v) is 12.2. The molecular formula is C15H14N4S. The summed E-state index contributed by atoms with van der Waals surface area (Å²) in [7, 11) is 0. The predicted molar refractivity (Wildman–Crippen MR) is 81.0 cm³/mol. The van der Waals surface area contributed by atoms with Gasteiger partial charge < -0.3 is 5.32 Å². The molecule has 2 heterocycles. The maximum atomic E-state index is 8.91. The Balaban J connectivity index is 1.86. The number of nitrogens with one attached hydrogen (secondary N) is 1. The lowest BCUT2D eigenvalue weighted by Crippen LogP contribution is -2.03. The van der Waals surface area contributed by atoms with E-state index in [-0.39, 0.29) is 0 Å². The van der Waals surface area contributed by atoms with Crippen LogP contribution in [0.2, 0.25) is 0 Å². The van der Waals surface area contributed by atoms with Crippen molar-refractivity contribution in [3.05, 3.63) is 52.3 Å². The molecule has 5 heteroatoms. The van der Waals surface area contributed by atoms with Gasteiger partial charge in [0.2, 0.25) is 0 Å². The van der Waals surface area contributed by atoms with Crippen LogP contribution in [0.1, 0.15) is 21.8 Å². The van der Waals surface area contributed by atoms with Crippen LogP contribution in [0.3, 0.4) is 0 Å². The van der Waals surface area contributed by atoms with Crippen molar-refractivity contribution in [2.45, 2.75) is 20.4 Å². The molecule has 0 amide bonds. The molecule has 20 heavy (non-hydrogen) atoms. The number of hydrogen-bond acceptors (Lipinski definition) is 4. The van der Waals surface area contributed by atoms with E-state index in [9.17, 15) is 0 Å². The van der Waals surface area contributed by atoms with Crippen molar-refractivity contribution in [3.8, 4) is 6.07 Å². The first-order valence-corrected chi connectivity index (χ1v) is 7.17. The van der Waals surface area contributed by atoms with Gasteiger partial charge in [-0.2, -0.15) is 5.26 Å². The Morgan fingerprint density at radius 3 is 3.05 bits per heavy atom. The summed E-state index contributed by atoms with van der Waals surface area (Å²) in [6.07, 6.45) is 2.11. The third kappa shape index (κ3) is 2.26. The van der Waals surface area contributed by atoms with Crippen LogP contribution in [-0.4, -0.2) is 9.38 Å². The molecule has 0 radical (unpaired) electrons. The van der Waals surface area contributed by atoms with E-state index in [1.54, 1.807) is 17.4 Å². The highest BCUT2D eigenvalue weighted by Crippen LogP contribution is 2.21. The van der Waals surface area contributed by atoms with Gasteiger partial charge in [0.25, 0.3) is 0 Å². The lowest BCUT2D eigenvalue weighted by molar-refractivity contribution is 0.991. The molecule has 0 atom stereocenters. The summed E-state index contributed by atoms with van der Waals surface area (Å²) in [5.41, 5.74) is 3.81. The summed E-state index contributed by atoms with van der Waals surface area (Å²) in [4.78, 5) is 6.85. The van der Waals surface area contributed by atoms with E-state index in [1.807, 2.05) is 25.1 Å². The molecule has 0 bridgehead atoms. The number of imidazole rings is 1. The standard InChI is InChI=1S/C15H14N4S/c1-10-9-19-14(11(2)18-15(19)20-10)8-17-13-5-3-4-12(6-13)7-16/h3-6,9,17H,8H2,1-2H3. The van der Waals surface area contributed by atoms with E-state index >= 15 is 0 Å². The quantitative estimate of drug-likeness (QED) is 0.800. The molecule has 0 aliphatic carbocycles. The number of hydrogen-bond donors (Lipinski definition) is 1. The molecule has 0 saturated carbocycles. The highest BCUT2D eigenvalue weighted by Gasteiger charge is 2.10. The van der Waals surface area contributed by atoms with Gasteiger partial charge in [-0.05, 0) is 32.0 Å². The maximum Gasteiger partial charge on any atom is 0.194 e. The minimum absolute atomic E-state index is 0.663. The Bertz CT molecular complexity index is 807. The number of fused-ring (bicyclic) bond motifs is 1. The highest BCUT2D eigenvalue weighted by molar-refractivity contribution is 7.17. The highest BCUT2D eigenvalue weighted by atomic mass is 32.1. The van der Waals surface area contributed by atoms with E-state index in [2.05, 4.69) is 33.9 Å². The van der Waals surface area contributed by atoms with Crippen molar-refractivity contribution in [1.29, 1.82) is 5.26 Å². The van der Waals surface area contributed by atoms with Gasteiger partial charge in [-0.25, -0.2) is 4.98 Å². The molecule has 2 aromatic heterocycles. The number of rotatable bonds is 3. The monoisotopic (exact) mass is 282 g/mol. The van der Waals surface area contributed by atoms with Crippen LogP contribution in [-0.2, 0) is 6.54 Å². The molecule has 4 nitrogen and oxygen atoms in total. The molecule has 0 saturated heterocycles. The lowest BCUT2D eigenvalue weighted by Gasteiger charge is -2.06. The number of thiazole rings is 1. The Morgan fingerprint density at radius 2 is 2.25 bits per heavy atom. The number of benzene rings is 1. The molecule has 1 N–H and O–H groups in total. The number of nitriles is 1. The topological polar surface area (TPSA) is 53.1 Å². The van der Waals surface area contributed by atoms with Gasteiger partial charge in [0, 0.05) is 16.8 Å². The zero-order valence-electron chi connectivity index (χ0n) is 11.3. The minimum atomic E-state index is 0.663. The second-order valence-electron chi connectivity index (χ2n) is 4.68. The molecule has 0 aliphatic rings. The van der Waals surface area contributed by atoms with Crippen molar-refractivity contribution in [3.63, 3.8) is 0 Å². The number of anilines is 1. The first-order valence-electron chi connectivity index (χ1n) is 6.35. The summed E-state index contributed by atoms with van der Waals surface area (Å²) < 4.78 is 2.14. The predicted octanol–water partition coefficient (Wildman–Crippen LogP) is 3.50. The van der Waals surface area contributed by atoms with Crippen LogP contribution in [0, 0.1) is 25.2 Å². The fraction of sp³-hybridized carbons (Fsp3) is 0.200. The van der Waals surface area contributed by atoms with E-state index in [0.717, 1.165) is 22.0 Å². The Labute approximate surface area is 121 Å². The first-order chi connectivity index (χ1) is 9.67. The van der Waals surface area contributed by atoms with Crippen LogP contribution in [0.5, 0.6) is 0 Å². The first kappa shape index (κ1) is 12.7. The zero-order chi connectivity index (χ0) is 14.1. The smallest absolute Gasteiger partial charge is 0.194 e. The third-order valence-electron chi connectivity index (χ3n) is 3.19. The summed E-state index contributed by atoms with van der Waals surface area (Å²) in [5.74, 6) is 0. The van der Waals surface area contributed by atoms with E-state index in [1.165, 1.54) is 4.88 Å². The minimum Gasteiger partial charge on any atom is -0.379 e. The lowest BCUT2D eigenvalue weighted by atomic mass is 10.2. The fourth-order valence-electron chi connectivity index (χ4n) is 2.21. The second kappa shape index (κ2) is 4.99. The average Bonchev–Trinajstić information content (AvgIpc) is 2.92. The second-order valence-corrected chi connectivity index (χ2v) is 5.90. The van der Waals surface area contributed by atoms with Gasteiger partial charge in [-0.15, -0.1) is 11.3 Å². The van der Waals surface area contributed by atoms with Gasteiger partial charge in [-0.1, -0.05) is 6.07 Å². The molecule has 0 fully saturated rings. The average molecular weight is 282 g/mol. The van der Waals surface area contributed by atoms with Crippen LogP contribution in [0.15, 0.2) is 30.5 Å². The molecule has 1 aromatic carbocycles. The molecule has 0 unspecified atom stereocenters. The Morgan fingerprint density at radius 1 is 1.40 bits per heavy atom. The Hall–Kier alpha value is -2.32. The summed E-state index contributed by atoms with van der Waals surface area (Å²) in [5, 5.41) is 12.3. The van der Waals surface area contributed by atoms with Crippen molar-refractivity contribution >= 4 is 22.0 Å². The van der Waals surface area contributed by atoms with Crippen LogP contribution >= 0.6 is 11.3 Å². The molecule has 3 aromatic rings. The summed E-state index contributed by atoms with van der Waals surface area (Å²) >= 11 is 1.70.